The van der Waals surface area contributed by atoms with E-state index >= 15 is 0 Å². The number of nitrogens with zero attached hydrogens (tertiary/aromatic N) is 4. The van der Waals surface area contributed by atoms with Crippen LogP contribution in [0.1, 0.15) is 30.9 Å². The maximum atomic E-state index is 14.4. The van der Waals surface area contributed by atoms with Crippen LogP contribution in [0.2, 0.25) is 0 Å². The second-order valence-electron chi connectivity index (χ2n) is 7.71. The standard InChI is InChI=1S/C20H20F2N6OS/c21-11-1-4-15(22)14(7-11)17-8-13(29)10-27(17)18-5-6-28-19(26-18)16(9-23-28)25-20(30)24-12-2-3-12/h1,4-7,9,12-13,17,29H,2-3,8,10H2,(H2,24,25,30)/t13-,17+/m0/s1. The smallest absolute Gasteiger partial charge is 0.180 e. The molecule has 2 aromatic heterocycles. The number of halogens is 2. The van der Waals surface area contributed by atoms with Gasteiger partial charge < -0.3 is 20.6 Å². The predicted molar refractivity (Wildman–Crippen MR) is 112 cm³/mol. The van der Waals surface area contributed by atoms with Gasteiger partial charge >= 0.3 is 0 Å². The first-order valence-corrected chi connectivity index (χ1v) is 10.2. The molecule has 156 valence electrons. The van der Waals surface area contributed by atoms with Crippen molar-refractivity contribution in [3.63, 3.8) is 0 Å². The van der Waals surface area contributed by atoms with E-state index in [0.717, 1.165) is 25.0 Å². The number of aliphatic hydroxyl groups excluding tert-OH is 1. The van der Waals surface area contributed by atoms with E-state index in [1.54, 1.807) is 27.9 Å². The van der Waals surface area contributed by atoms with Crippen LogP contribution >= 0.6 is 12.2 Å². The Morgan fingerprint density at radius 1 is 1.23 bits per heavy atom. The fraction of sp³-hybridized carbons (Fsp3) is 0.350. The number of aromatic nitrogens is 3. The quantitative estimate of drug-likeness (QED) is 0.550. The van der Waals surface area contributed by atoms with E-state index in [0.29, 0.717) is 28.3 Å². The minimum Gasteiger partial charge on any atom is -0.391 e. The Balaban J connectivity index is 1.47. The number of hydrogen-bond donors (Lipinski definition) is 3. The highest BCUT2D eigenvalue weighted by atomic mass is 32.1. The van der Waals surface area contributed by atoms with Crippen molar-refractivity contribution >= 4 is 34.5 Å². The molecule has 2 aliphatic rings. The van der Waals surface area contributed by atoms with E-state index in [9.17, 15) is 13.9 Å². The van der Waals surface area contributed by atoms with Crippen LogP contribution in [0.4, 0.5) is 20.3 Å². The lowest BCUT2D eigenvalue weighted by Gasteiger charge is -2.26. The molecular formula is C20H20F2N6OS. The largest absolute Gasteiger partial charge is 0.391 e. The first kappa shape index (κ1) is 19.1. The average Bonchev–Trinajstić information content (AvgIpc) is 3.31. The molecule has 1 saturated carbocycles. The molecule has 2 atom stereocenters. The van der Waals surface area contributed by atoms with Crippen LogP contribution in [0.15, 0.2) is 36.7 Å². The fourth-order valence-corrected chi connectivity index (χ4v) is 4.09. The molecule has 10 heteroatoms. The second kappa shape index (κ2) is 7.44. The number of nitrogens with one attached hydrogen (secondary N) is 2. The highest BCUT2D eigenvalue weighted by Gasteiger charge is 2.35. The number of aliphatic hydroxyl groups is 1. The van der Waals surface area contributed by atoms with Crippen LogP contribution in [0.3, 0.4) is 0 Å². The van der Waals surface area contributed by atoms with Crippen molar-refractivity contribution in [1.29, 1.82) is 0 Å². The van der Waals surface area contributed by atoms with Crippen molar-refractivity contribution in [2.24, 2.45) is 0 Å². The highest BCUT2D eigenvalue weighted by Crippen LogP contribution is 2.37. The molecule has 3 heterocycles. The third kappa shape index (κ3) is 3.68. The Kier molecular flexibility index (Phi) is 4.75. The van der Waals surface area contributed by atoms with Gasteiger partial charge in [-0.15, -0.1) is 0 Å². The number of fused-ring (bicyclic) bond motifs is 1. The third-order valence-corrected chi connectivity index (χ3v) is 5.63. The summed E-state index contributed by atoms with van der Waals surface area (Å²) >= 11 is 5.34. The van der Waals surface area contributed by atoms with Crippen LogP contribution in [0, 0.1) is 11.6 Å². The van der Waals surface area contributed by atoms with E-state index in [2.05, 4.69) is 20.7 Å². The Morgan fingerprint density at radius 2 is 2.07 bits per heavy atom. The van der Waals surface area contributed by atoms with Gasteiger partial charge in [0, 0.05) is 24.3 Å². The number of rotatable bonds is 4. The van der Waals surface area contributed by atoms with Crippen LogP contribution in [-0.4, -0.2) is 43.5 Å². The van der Waals surface area contributed by atoms with Gasteiger partial charge in [0.2, 0.25) is 0 Å². The zero-order chi connectivity index (χ0) is 20.8. The van der Waals surface area contributed by atoms with Gasteiger partial charge in [-0.1, -0.05) is 0 Å². The topological polar surface area (TPSA) is 77.7 Å². The summed E-state index contributed by atoms with van der Waals surface area (Å²) in [6, 6.07) is 5.01. The van der Waals surface area contributed by atoms with E-state index in [1.165, 1.54) is 6.07 Å². The molecule has 0 radical (unpaired) electrons. The molecule has 0 bridgehead atoms. The molecule has 1 saturated heterocycles. The van der Waals surface area contributed by atoms with Crippen molar-refractivity contribution in [3.05, 3.63) is 53.9 Å². The normalized spacial score (nSPS) is 21.2. The summed E-state index contributed by atoms with van der Waals surface area (Å²) in [5.74, 6) is -0.489. The van der Waals surface area contributed by atoms with Gasteiger partial charge in [-0.25, -0.2) is 18.3 Å². The Labute approximate surface area is 176 Å². The number of thiocarbonyl (C=S) groups is 1. The summed E-state index contributed by atoms with van der Waals surface area (Å²) in [5, 5.41) is 21.4. The molecule has 0 spiro atoms. The SMILES string of the molecule is O[C@H]1C[C@H](c2cc(F)ccc2F)N(c2ccn3ncc(NC(=S)NC4CC4)c3n2)C1. The van der Waals surface area contributed by atoms with Crippen LogP contribution in [-0.2, 0) is 0 Å². The van der Waals surface area contributed by atoms with Crippen molar-refractivity contribution in [2.75, 3.05) is 16.8 Å². The molecule has 5 rings (SSSR count). The zero-order valence-corrected chi connectivity index (χ0v) is 16.7. The molecule has 1 aliphatic heterocycles. The van der Waals surface area contributed by atoms with Crippen LogP contribution in [0.25, 0.3) is 5.65 Å². The lowest BCUT2D eigenvalue weighted by Crippen LogP contribution is -2.30. The molecular weight excluding hydrogens is 410 g/mol. The molecule has 0 amide bonds. The molecule has 1 aromatic carbocycles. The summed E-state index contributed by atoms with van der Waals surface area (Å²) in [6.07, 6.45) is 5.20. The number of anilines is 2. The van der Waals surface area contributed by atoms with E-state index in [1.807, 2.05) is 0 Å². The lowest BCUT2D eigenvalue weighted by molar-refractivity contribution is 0.194. The molecule has 2 fully saturated rings. The van der Waals surface area contributed by atoms with Crippen molar-refractivity contribution < 1.29 is 13.9 Å². The van der Waals surface area contributed by atoms with Gasteiger partial charge in [-0.2, -0.15) is 5.10 Å². The summed E-state index contributed by atoms with van der Waals surface area (Å²) in [6.45, 7) is 0.266. The van der Waals surface area contributed by atoms with Crippen molar-refractivity contribution in [2.45, 2.75) is 37.5 Å². The minimum absolute atomic E-state index is 0.204. The second-order valence-corrected chi connectivity index (χ2v) is 8.12. The van der Waals surface area contributed by atoms with Gasteiger partial charge in [0.25, 0.3) is 0 Å². The maximum absolute atomic E-state index is 14.4. The van der Waals surface area contributed by atoms with Gasteiger partial charge in [0.1, 0.15) is 23.1 Å². The average molecular weight is 430 g/mol. The van der Waals surface area contributed by atoms with E-state index < -0.39 is 23.8 Å². The first-order chi connectivity index (χ1) is 14.5. The predicted octanol–water partition coefficient (Wildman–Crippen LogP) is 2.77. The van der Waals surface area contributed by atoms with Crippen LogP contribution < -0.4 is 15.5 Å². The number of β-amino-alcohol motifs (C(OH)–C–C–N with tert-alkyl or cyclic N) is 1. The summed E-state index contributed by atoms with van der Waals surface area (Å²) in [5.41, 5.74) is 1.39. The zero-order valence-electron chi connectivity index (χ0n) is 15.9. The lowest BCUT2D eigenvalue weighted by atomic mass is 10.0. The Hall–Kier alpha value is -2.85. The molecule has 7 nitrogen and oxygen atoms in total. The van der Waals surface area contributed by atoms with Crippen molar-refractivity contribution in [1.82, 2.24) is 19.9 Å². The third-order valence-electron chi connectivity index (χ3n) is 5.41. The summed E-state index contributed by atoms with van der Waals surface area (Å²) in [4.78, 5) is 6.47. The Bertz CT molecular complexity index is 1120. The number of benzene rings is 1. The minimum atomic E-state index is -0.673. The summed E-state index contributed by atoms with van der Waals surface area (Å²) in [7, 11) is 0. The Morgan fingerprint density at radius 3 is 2.87 bits per heavy atom. The van der Waals surface area contributed by atoms with Gasteiger partial charge in [0.15, 0.2) is 10.8 Å². The monoisotopic (exact) mass is 430 g/mol. The molecule has 3 N–H and O–H groups in total. The number of hydrogen-bond acceptors (Lipinski definition) is 5. The van der Waals surface area contributed by atoms with Crippen molar-refractivity contribution in [3.8, 4) is 0 Å². The fourth-order valence-electron chi connectivity index (χ4n) is 3.81. The van der Waals surface area contributed by atoms with Crippen LogP contribution in [0.5, 0.6) is 0 Å². The molecule has 0 unspecified atom stereocenters. The molecule has 1 aliphatic carbocycles. The molecule has 3 aromatic rings. The maximum Gasteiger partial charge on any atom is 0.180 e. The van der Waals surface area contributed by atoms with Gasteiger partial charge in [0.05, 0.1) is 18.3 Å². The van der Waals surface area contributed by atoms with Gasteiger partial charge in [-0.3, -0.25) is 0 Å². The highest BCUT2D eigenvalue weighted by molar-refractivity contribution is 7.80. The molecule has 30 heavy (non-hydrogen) atoms. The summed E-state index contributed by atoms with van der Waals surface area (Å²) < 4.78 is 29.8. The van der Waals surface area contributed by atoms with E-state index in [-0.39, 0.29) is 18.5 Å². The first-order valence-electron chi connectivity index (χ1n) is 9.79. The van der Waals surface area contributed by atoms with Gasteiger partial charge in [-0.05, 0) is 55.7 Å². The van der Waals surface area contributed by atoms with E-state index in [4.69, 9.17) is 12.2 Å².